The van der Waals surface area contributed by atoms with Crippen LogP contribution in [0.3, 0.4) is 0 Å². The molecule has 3 nitrogen and oxygen atoms in total. The van der Waals surface area contributed by atoms with Crippen molar-refractivity contribution >= 4 is 11.6 Å². The van der Waals surface area contributed by atoms with Crippen molar-refractivity contribution in [3.63, 3.8) is 0 Å². The molecule has 0 bridgehead atoms. The molecule has 0 aliphatic carbocycles. The van der Waals surface area contributed by atoms with E-state index in [2.05, 4.69) is 16.2 Å². The van der Waals surface area contributed by atoms with E-state index >= 15 is 0 Å². The third-order valence-corrected chi connectivity index (χ3v) is 2.04. The van der Waals surface area contributed by atoms with Gasteiger partial charge in [-0.15, -0.1) is 0 Å². The normalized spacial score (nSPS) is 29.1. The van der Waals surface area contributed by atoms with Crippen LogP contribution in [0.4, 0.5) is 0 Å². The summed E-state index contributed by atoms with van der Waals surface area (Å²) in [5, 5.41) is 3.11. The number of hydrazine groups is 1. The van der Waals surface area contributed by atoms with Crippen LogP contribution in [0.15, 0.2) is 30.3 Å². The maximum absolute atomic E-state index is 5.77. The molecule has 1 aliphatic heterocycles. The van der Waals surface area contributed by atoms with Crippen molar-refractivity contribution in [2.24, 2.45) is 0 Å². The zero-order chi connectivity index (χ0) is 8.39. The standard InChI is InChI=1S/C8H10ClN3/c9-8-10-7(11-12-8)6-4-2-1-3-5-6/h1-5,7-8,10-12H. The first-order valence-electron chi connectivity index (χ1n) is 3.82. The Morgan fingerprint density at radius 2 is 1.83 bits per heavy atom. The molecule has 0 radical (unpaired) electrons. The smallest absolute Gasteiger partial charge is 0.149 e. The Hall–Kier alpha value is -0.610. The fourth-order valence-corrected chi connectivity index (χ4v) is 1.40. The minimum atomic E-state index is -0.199. The Bertz CT molecular complexity index is 252. The fraction of sp³-hybridized carbons (Fsp3) is 0.250. The maximum atomic E-state index is 5.77. The van der Waals surface area contributed by atoms with E-state index in [1.165, 1.54) is 5.56 Å². The summed E-state index contributed by atoms with van der Waals surface area (Å²) in [6.07, 6.45) is 0.105. The molecule has 0 aromatic heterocycles. The Labute approximate surface area is 76.1 Å². The minimum Gasteiger partial charge on any atom is -0.268 e. The lowest BCUT2D eigenvalue weighted by Crippen LogP contribution is -2.28. The second kappa shape index (κ2) is 3.41. The molecule has 3 N–H and O–H groups in total. The molecular formula is C8H10ClN3. The van der Waals surface area contributed by atoms with E-state index < -0.39 is 0 Å². The van der Waals surface area contributed by atoms with Crippen molar-refractivity contribution in [3.05, 3.63) is 35.9 Å². The molecule has 0 saturated carbocycles. The molecule has 2 atom stereocenters. The first-order valence-corrected chi connectivity index (χ1v) is 4.26. The molecule has 0 amide bonds. The molecule has 2 rings (SSSR count). The molecule has 4 heteroatoms. The molecule has 2 unspecified atom stereocenters. The van der Waals surface area contributed by atoms with Crippen molar-refractivity contribution in [1.29, 1.82) is 0 Å². The largest absolute Gasteiger partial charge is 0.268 e. The van der Waals surface area contributed by atoms with E-state index in [9.17, 15) is 0 Å². The Kier molecular flexibility index (Phi) is 2.28. The highest BCUT2D eigenvalue weighted by Gasteiger charge is 2.20. The predicted octanol–water partition coefficient (Wildman–Crippen LogP) is 0.905. The van der Waals surface area contributed by atoms with Crippen LogP contribution in [0.1, 0.15) is 11.7 Å². The molecule has 1 fully saturated rings. The highest BCUT2D eigenvalue weighted by Crippen LogP contribution is 2.12. The second-order valence-corrected chi connectivity index (χ2v) is 3.10. The van der Waals surface area contributed by atoms with Crippen LogP contribution in [-0.4, -0.2) is 5.62 Å². The Morgan fingerprint density at radius 1 is 1.08 bits per heavy atom. The van der Waals surface area contributed by atoms with Gasteiger partial charge in [0.2, 0.25) is 0 Å². The summed E-state index contributed by atoms with van der Waals surface area (Å²) in [7, 11) is 0. The number of hydrogen-bond acceptors (Lipinski definition) is 3. The number of hydrogen-bond donors (Lipinski definition) is 3. The van der Waals surface area contributed by atoms with Gasteiger partial charge < -0.3 is 0 Å². The monoisotopic (exact) mass is 183 g/mol. The van der Waals surface area contributed by atoms with Gasteiger partial charge in [-0.05, 0) is 5.56 Å². The number of nitrogens with one attached hydrogen (secondary N) is 3. The summed E-state index contributed by atoms with van der Waals surface area (Å²) in [5.74, 6) is 0. The van der Waals surface area contributed by atoms with Crippen molar-refractivity contribution in [2.45, 2.75) is 11.8 Å². The average molecular weight is 184 g/mol. The van der Waals surface area contributed by atoms with E-state index in [1.54, 1.807) is 0 Å². The highest BCUT2D eigenvalue weighted by molar-refractivity contribution is 6.20. The molecule has 12 heavy (non-hydrogen) atoms. The molecule has 1 aromatic rings. The van der Waals surface area contributed by atoms with Crippen molar-refractivity contribution in [3.8, 4) is 0 Å². The van der Waals surface area contributed by atoms with E-state index in [1.807, 2.05) is 30.3 Å². The molecule has 1 aromatic carbocycles. The summed E-state index contributed by atoms with van der Waals surface area (Å²) >= 11 is 5.77. The van der Waals surface area contributed by atoms with Gasteiger partial charge in [0.15, 0.2) is 0 Å². The van der Waals surface area contributed by atoms with Crippen LogP contribution in [0, 0.1) is 0 Å². The van der Waals surface area contributed by atoms with Gasteiger partial charge in [0.1, 0.15) is 5.62 Å². The minimum absolute atomic E-state index is 0.105. The molecule has 64 valence electrons. The van der Waals surface area contributed by atoms with Crippen LogP contribution in [0.2, 0.25) is 0 Å². The summed E-state index contributed by atoms with van der Waals surface area (Å²) < 4.78 is 0. The van der Waals surface area contributed by atoms with E-state index in [0.29, 0.717) is 0 Å². The highest BCUT2D eigenvalue weighted by atomic mass is 35.5. The van der Waals surface area contributed by atoms with Gasteiger partial charge >= 0.3 is 0 Å². The lowest BCUT2D eigenvalue weighted by Gasteiger charge is -2.09. The van der Waals surface area contributed by atoms with E-state index in [0.717, 1.165) is 0 Å². The van der Waals surface area contributed by atoms with Gasteiger partial charge in [-0.1, -0.05) is 41.9 Å². The van der Waals surface area contributed by atoms with Crippen molar-refractivity contribution in [1.82, 2.24) is 16.2 Å². The van der Waals surface area contributed by atoms with Gasteiger partial charge in [0.25, 0.3) is 0 Å². The summed E-state index contributed by atoms with van der Waals surface area (Å²) in [6.45, 7) is 0. The maximum Gasteiger partial charge on any atom is 0.149 e. The number of rotatable bonds is 1. The average Bonchev–Trinajstić information content (AvgIpc) is 2.54. The molecule has 1 heterocycles. The number of benzene rings is 1. The quantitative estimate of drug-likeness (QED) is 0.448. The van der Waals surface area contributed by atoms with Crippen LogP contribution >= 0.6 is 11.6 Å². The molecule has 0 spiro atoms. The lowest BCUT2D eigenvalue weighted by molar-refractivity contribution is 0.555. The van der Waals surface area contributed by atoms with E-state index in [-0.39, 0.29) is 11.8 Å². The van der Waals surface area contributed by atoms with Gasteiger partial charge in [-0.25, -0.2) is 10.9 Å². The molecular weight excluding hydrogens is 174 g/mol. The zero-order valence-corrected chi connectivity index (χ0v) is 7.18. The third kappa shape index (κ3) is 1.59. The predicted molar refractivity (Wildman–Crippen MR) is 48.2 cm³/mol. The Morgan fingerprint density at radius 3 is 2.42 bits per heavy atom. The summed E-state index contributed by atoms with van der Waals surface area (Å²) in [4.78, 5) is 0. The third-order valence-electron chi connectivity index (χ3n) is 1.80. The summed E-state index contributed by atoms with van der Waals surface area (Å²) in [5.41, 5.74) is 6.88. The van der Waals surface area contributed by atoms with E-state index in [4.69, 9.17) is 11.6 Å². The topological polar surface area (TPSA) is 36.1 Å². The zero-order valence-electron chi connectivity index (χ0n) is 6.42. The number of halogens is 1. The van der Waals surface area contributed by atoms with Gasteiger partial charge in [0.05, 0.1) is 6.17 Å². The molecule has 1 aliphatic rings. The van der Waals surface area contributed by atoms with Crippen LogP contribution in [0.5, 0.6) is 0 Å². The first kappa shape index (κ1) is 8.01. The van der Waals surface area contributed by atoms with Crippen LogP contribution < -0.4 is 16.2 Å². The van der Waals surface area contributed by atoms with Gasteiger partial charge in [-0.2, -0.15) is 0 Å². The van der Waals surface area contributed by atoms with Crippen LogP contribution in [0.25, 0.3) is 0 Å². The lowest BCUT2D eigenvalue weighted by atomic mass is 10.2. The first-order chi connectivity index (χ1) is 5.86. The van der Waals surface area contributed by atoms with Gasteiger partial charge in [-0.3, -0.25) is 5.32 Å². The second-order valence-electron chi connectivity index (χ2n) is 2.66. The van der Waals surface area contributed by atoms with Gasteiger partial charge in [0, 0.05) is 0 Å². The number of alkyl halides is 1. The fourth-order valence-electron chi connectivity index (χ4n) is 1.21. The SMILES string of the molecule is ClC1NNC(c2ccccc2)N1. The van der Waals surface area contributed by atoms with Crippen molar-refractivity contribution < 1.29 is 0 Å². The Balaban J connectivity index is 2.11. The molecule has 1 saturated heterocycles. The summed E-state index contributed by atoms with van der Waals surface area (Å²) in [6, 6.07) is 10.1. The van der Waals surface area contributed by atoms with Crippen molar-refractivity contribution in [2.75, 3.05) is 0 Å². The van der Waals surface area contributed by atoms with Crippen LogP contribution in [-0.2, 0) is 0 Å².